The highest BCUT2D eigenvalue weighted by molar-refractivity contribution is 9.10. The molecule has 1 aromatic rings. The molecule has 0 saturated heterocycles. The first-order chi connectivity index (χ1) is 5.66. The molecule has 0 saturated carbocycles. The molecule has 2 N–H and O–H groups in total. The number of rotatable bonds is 2. The second kappa shape index (κ2) is 3.81. The molecule has 1 rings (SSSR count). The van der Waals surface area contributed by atoms with Crippen LogP contribution < -0.4 is 0 Å². The van der Waals surface area contributed by atoms with Gasteiger partial charge in [0.15, 0.2) is 0 Å². The zero-order valence-corrected chi connectivity index (χ0v) is 8.43. The van der Waals surface area contributed by atoms with Crippen molar-refractivity contribution in [2.75, 3.05) is 0 Å². The van der Waals surface area contributed by atoms with E-state index in [1.54, 1.807) is 12.1 Å². The molecule has 0 aliphatic heterocycles. The molecule has 0 heterocycles. The van der Waals surface area contributed by atoms with Crippen molar-refractivity contribution in [2.45, 2.75) is 19.8 Å². The van der Waals surface area contributed by atoms with E-state index in [1.807, 2.05) is 6.92 Å². The van der Waals surface area contributed by atoms with Gasteiger partial charge in [-0.1, -0.05) is 19.4 Å². The summed E-state index contributed by atoms with van der Waals surface area (Å²) in [7, 11) is 0. The van der Waals surface area contributed by atoms with Crippen molar-refractivity contribution in [2.24, 2.45) is 0 Å². The Morgan fingerprint density at radius 3 is 2.58 bits per heavy atom. The number of phenolic OH excluding ortho intramolecular Hbond substituents is 2. The molecule has 3 heteroatoms. The number of aryl methyl sites for hydroxylation is 1. The van der Waals surface area contributed by atoms with Gasteiger partial charge < -0.3 is 10.2 Å². The van der Waals surface area contributed by atoms with Gasteiger partial charge in [0.25, 0.3) is 0 Å². The van der Waals surface area contributed by atoms with Gasteiger partial charge in [0, 0.05) is 0 Å². The lowest BCUT2D eigenvalue weighted by molar-refractivity contribution is 0.439. The van der Waals surface area contributed by atoms with E-state index in [0.717, 1.165) is 18.4 Å². The number of phenols is 2. The summed E-state index contributed by atoms with van der Waals surface area (Å²) >= 11 is 3.10. The molecule has 0 fully saturated rings. The molecule has 1 aromatic carbocycles. The molecule has 0 atom stereocenters. The van der Waals surface area contributed by atoms with Gasteiger partial charge in [0.05, 0.1) is 0 Å². The second-order valence-corrected chi connectivity index (χ2v) is 3.45. The van der Waals surface area contributed by atoms with Crippen molar-refractivity contribution in [1.82, 2.24) is 0 Å². The van der Waals surface area contributed by atoms with Gasteiger partial charge in [-0.3, -0.25) is 0 Å². The lowest BCUT2D eigenvalue weighted by Crippen LogP contribution is -1.84. The third-order valence-corrected chi connectivity index (χ3v) is 2.48. The maximum atomic E-state index is 9.50. The van der Waals surface area contributed by atoms with Gasteiger partial charge in [-0.25, -0.2) is 0 Å². The summed E-state index contributed by atoms with van der Waals surface area (Å²) in [5.74, 6) is 0.226. The lowest BCUT2D eigenvalue weighted by Gasteiger charge is -2.05. The molecule has 66 valence electrons. The molecule has 0 radical (unpaired) electrons. The normalized spacial score (nSPS) is 10.2. The van der Waals surface area contributed by atoms with E-state index >= 15 is 0 Å². The van der Waals surface area contributed by atoms with Crippen LogP contribution in [0.15, 0.2) is 16.6 Å². The fourth-order valence-electron chi connectivity index (χ4n) is 1.06. The maximum absolute atomic E-state index is 9.50. The van der Waals surface area contributed by atoms with Crippen LogP contribution in [0.1, 0.15) is 18.9 Å². The van der Waals surface area contributed by atoms with Crippen LogP contribution in [-0.4, -0.2) is 10.2 Å². The molecule has 0 aliphatic rings. The first-order valence-electron chi connectivity index (χ1n) is 3.86. The van der Waals surface area contributed by atoms with Crippen molar-refractivity contribution >= 4 is 15.9 Å². The van der Waals surface area contributed by atoms with E-state index in [9.17, 15) is 10.2 Å². The van der Waals surface area contributed by atoms with Crippen LogP contribution in [0, 0.1) is 0 Å². The number of halogens is 1. The highest BCUT2D eigenvalue weighted by atomic mass is 79.9. The summed E-state index contributed by atoms with van der Waals surface area (Å²) in [6, 6.07) is 3.31. The number of benzene rings is 1. The van der Waals surface area contributed by atoms with E-state index < -0.39 is 0 Å². The first-order valence-corrected chi connectivity index (χ1v) is 4.65. The highest BCUT2D eigenvalue weighted by Gasteiger charge is 2.07. The fraction of sp³-hybridized carbons (Fsp3) is 0.333. The fourth-order valence-corrected chi connectivity index (χ4v) is 1.45. The molecule has 0 bridgehead atoms. The van der Waals surface area contributed by atoms with E-state index in [2.05, 4.69) is 15.9 Å². The molecular weight excluding hydrogens is 220 g/mol. The van der Waals surface area contributed by atoms with Crippen LogP contribution in [0.4, 0.5) is 0 Å². The minimum absolute atomic E-state index is 0.0763. The smallest absolute Gasteiger partial charge is 0.136 e. The van der Waals surface area contributed by atoms with Crippen LogP contribution in [0.25, 0.3) is 0 Å². The van der Waals surface area contributed by atoms with Gasteiger partial charge in [-0.05, 0) is 34.0 Å². The van der Waals surface area contributed by atoms with Crippen molar-refractivity contribution in [3.05, 3.63) is 22.2 Å². The van der Waals surface area contributed by atoms with Gasteiger partial charge >= 0.3 is 0 Å². The Balaban J connectivity index is 3.08. The highest BCUT2D eigenvalue weighted by Crippen LogP contribution is 2.35. The average Bonchev–Trinajstić information content (AvgIpc) is 2.07. The van der Waals surface area contributed by atoms with Crippen LogP contribution >= 0.6 is 15.9 Å². The number of aromatic hydroxyl groups is 2. The largest absolute Gasteiger partial charge is 0.507 e. The first kappa shape index (κ1) is 9.39. The third-order valence-electron chi connectivity index (χ3n) is 1.70. The molecule has 0 spiro atoms. The van der Waals surface area contributed by atoms with Crippen LogP contribution in [0.2, 0.25) is 0 Å². The van der Waals surface area contributed by atoms with Crippen LogP contribution in [0.5, 0.6) is 11.5 Å². The zero-order chi connectivity index (χ0) is 9.14. The molecule has 0 aliphatic carbocycles. The number of hydrogen-bond acceptors (Lipinski definition) is 2. The van der Waals surface area contributed by atoms with Crippen LogP contribution in [-0.2, 0) is 6.42 Å². The van der Waals surface area contributed by atoms with Crippen molar-refractivity contribution in [3.8, 4) is 11.5 Å². The molecule has 0 amide bonds. The Kier molecular flexibility index (Phi) is 2.98. The Bertz CT molecular complexity index is 284. The Labute approximate surface area is 80.0 Å². The van der Waals surface area contributed by atoms with E-state index in [-0.39, 0.29) is 11.5 Å². The minimum atomic E-state index is 0.0763. The third kappa shape index (κ3) is 1.72. The Morgan fingerprint density at radius 2 is 2.00 bits per heavy atom. The summed E-state index contributed by atoms with van der Waals surface area (Å²) in [6.07, 6.45) is 1.80. The quantitative estimate of drug-likeness (QED) is 0.821. The monoisotopic (exact) mass is 230 g/mol. The Morgan fingerprint density at radius 1 is 1.33 bits per heavy atom. The minimum Gasteiger partial charge on any atom is -0.507 e. The second-order valence-electron chi connectivity index (χ2n) is 2.66. The average molecular weight is 231 g/mol. The van der Waals surface area contributed by atoms with Gasteiger partial charge in [-0.15, -0.1) is 0 Å². The molecule has 0 unspecified atom stereocenters. The zero-order valence-electron chi connectivity index (χ0n) is 6.84. The van der Waals surface area contributed by atoms with Gasteiger partial charge in [-0.2, -0.15) is 0 Å². The maximum Gasteiger partial charge on any atom is 0.136 e. The van der Waals surface area contributed by atoms with E-state index in [0.29, 0.717) is 4.47 Å². The van der Waals surface area contributed by atoms with Crippen LogP contribution in [0.3, 0.4) is 0 Å². The summed E-state index contributed by atoms with van der Waals surface area (Å²) in [6.45, 7) is 2.04. The van der Waals surface area contributed by atoms with Gasteiger partial charge in [0.1, 0.15) is 16.0 Å². The lowest BCUT2D eigenvalue weighted by atomic mass is 10.1. The van der Waals surface area contributed by atoms with Crippen molar-refractivity contribution in [3.63, 3.8) is 0 Å². The van der Waals surface area contributed by atoms with Crippen molar-refractivity contribution < 1.29 is 10.2 Å². The number of hydrogen-bond donors (Lipinski definition) is 2. The van der Waals surface area contributed by atoms with E-state index in [1.165, 1.54) is 0 Å². The molecule has 12 heavy (non-hydrogen) atoms. The summed E-state index contributed by atoms with van der Waals surface area (Å²) < 4.78 is 0.383. The predicted octanol–water partition coefficient (Wildman–Crippen LogP) is 2.81. The predicted molar refractivity (Wildman–Crippen MR) is 51.5 cm³/mol. The standard InChI is InChI=1S/C9H11BrO2/c1-2-3-6-4-5-7(11)8(10)9(6)12/h4-5,11-12H,2-3H2,1H3. The topological polar surface area (TPSA) is 40.5 Å². The van der Waals surface area contributed by atoms with Gasteiger partial charge in [0.2, 0.25) is 0 Å². The molecule has 0 aromatic heterocycles. The molecular formula is C9H11BrO2. The SMILES string of the molecule is CCCc1ccc(O)c(Br)c1O. The van der Waals surface area contributed by atoms with Crippen molar-refractivity contribution in [1.29, 1.82) is 0 Å². The molecule has 2 nitrogen and oxygen atoms in total. The summed E-state index contributed by atoms with van der Waals surface area (Å²) in [5.41, 5.74) is 0.863. The summed E-state index contributed by atoms with van der Waals surface area (Å²) in [5, 5.41) is 18.7. The van der Waals surface area contributed by atoms with E-state index in [4.69, 9.17) is 0 Å². The summed E-state index contributed by atoms with van der Waals surface area (Å²) in [4.78, 5) is 0. The Hall–Kier alpha value is -0.700.